The maximum absolute atomic E-state index is 12.9. The zero-order chi connectivity index (χ0) is 15.5. The van der Waals surface area contributed by atoms with Gasteiger partial charge in [0, 0.05) is 12.6 Å². The number of nitrogens with zero attached hydrogens (tertiary/aromatic N) is 1. The Balaban J connectivity index is 2.23. The second-order valence-corrected chi connectivity index (χ2v) is 8.07. The highest BCUT2D eigenvalue weighted by Crippen LogP contribution is 2.23. The van der Waals surface area contributed by atoms with Crippen molar-refractivity contribution in [1.82, 2.24) is 9.62 Å². The lowest BCUT2D eigenvalue weighted by molar-refractivity contribution is 0.261. The van der Waals surface area contributed by atoms with E-state index in [-0.39, 0.29) is 6.04 Å². The van der Waals surface area contributed by atoms with Crippen molar-refractivity contribution in [3.63, 3.8) is 0 Å². The molecule has 4 nitrogen and oxygen atoms in total. The van der Waals surface area contributed by atoms with Gasteiger partial charge in [-0.2, -0.15) is 4.31 Å². The maximum atomic E-state index is 12.9. The van der Waals surface area contributed by atoms with Crippen LogP contribution in [0.25, 0.3) is 0 Å². The number of aryl methyl sites for hydroxylation is 1. The minimum atomic E-state index is -3.41. The summed E-state index contributed by atoms with van der Waals surface area (Å²) in [5.41, 5.74) is 0.974. The molecule has 0 atom stereocenters. The first-order valence-corrected chi connectivity index (χ1v) is 9.14. The van der Waals surface area contributed by atoms with Gasteiger partial charge in [-0.1, -0.05) is 12.1 Å². The fourth-order valence-corrected chi connectivity index (χ4v) is 4.63. The standard InChI is InChI=1S/C16H26N2O2S/c1-13(2)18(12-15-7-9-17-10-8-15)21(19,20)16-6-4-5-14(3)11-16/h4-6,11,13,15,17H,7-10,12H2,1-3H3. The average molecular weight is 310 g/mol. The third kappa shape index (κ3) is 4.05. The van der Waals surface area contributed by atoms with Crippen molar-refractivity contribution >= 4 is 10.0 Å². The molecule has 1 N–H and O–H groups in total. The van der Waals surface area contributed by atoms with Crippen LogP contribution >= 0.6 is 0 Å². The Morgan fingerprint density at radius 1 is 1.29 bits per heavy atom. The molecule has 0 unspecified atom stereocenters. The van der Waals surface area contributed by atoms with Crippen molar-refractivity contribution in [2.75, 3.05) is 19.6 Å². The average Bonchev–Trinajstić information content (AvgIpc) is 2.45. The molecule has 0 spiro atoms. The van der Waals surface area contributed by atoms with Gasteiger partial charge in [-0.15, -0.1) is 0 Å². The van der Waals surface area contributed by atoms with E-state index in [1.807, 2.05) is 32.9 Å². The molecular weight excluding hydrogens is 284 g/mol. The van der Waals surface area contributed by atoms with Gasteiger partial charge in [0.15, 0.2) is 0 Å². The number of sulfonamides is 1. The second kappa shape index (κ2) is 6.90. The Bertz CT molecular complexity index is 563. The number of nitrogens with one attached hydrogen (secondary N) is 1. The molecule has 1 heterocycles. The molecule has 0 amide bonds. The van der Waals surface area contributed by atoms with Gasteiger partial charge in [-0.05, 0) is 70.3 Å². The Hall–Kier alpha value is -0.910. The van der Waals surface area contributed by atoms with Crippen molar-refractivity contribution in [1.29, 1.82) is 0 Å². The largest absolute Gasteiger partial charge is 0.317 e. The van der Waals surface area contributed by atoms with E-state index in [0.29, 0.717) is 17.4 Å². The number of piperidine rings is 1. The lowest BCUT2D eigenvalue weighted by atomic mass is 9.98. The summed E-state index contributed by atoms with van der Waals surface area (Å²) in [4.78, 5) is 0.408. The lowest BCUT2D eigenvalue weighted by Crippen LogP contribution is -2.42. The zero-order valence-corrected chi connectivity index (χ0v) is 14.0. The van der Waals surface area contributed by atoms with Crippen LogP contribution in [0.15, 0.2) is 29.2 Å². The molecule has 118 valence electrons. The van der Waals surface area contributed by atoms with Crippen molar-refractivity contribution in [2.24, 2.45) is 5.92 Å². The first-order chi connectivity index (χ1) is 9.91. The van der Waals surface area contributed by atoms with Gasteiger partial charge in [0.2, 0.25) is 10.0 Å². The molecule has 0 bridgehead atoms. The smallest absolute Gasteiger partial charge is 0.243 e. The van der Waals surface area contributed by atoms with Crippen molar-refractivity contribution in [2.45, 2.75) is 44.6 Å². The van der Waals surface area contributed by atoms with Crippen LogP contribution in [0.3, 0.4) is 0 Å². The minimum absolute atomic E-state index is 0.0228. The molecule has 0 radical (unpaired) electrons. The fraction of sp³-hybridized carbons (Fsp3) is 0.625. The van der Waals surface area contributed by atoms with Gasteiger partial charge in [0.05, 0.1) is 4.90 Å². The first kappa shape index (κ1) is 16.5. The van der Waals surface area contributed by atoms with E-state index >= 15 is 0 Å². The third-order valence-corrected chi connectivity index (χ3v) is 6.11. The molecule has 21 heavy (non-hydrogen) atoms. The van der Waals surface area contributed by atoms with Crippen molar-refractivity contribution in [3.05, 3.63) is 29.8 Å². The van der Waals surface area contributed by atoms with Crippen LogP contribution < -0.4 is 5.32 Å². The van der Waals surface area contributed by atoms with E-state index in [1.165, 1.54) is 0 Å². The van der Waals surface area contributed by atoms with Crippen LogP contribution in [-0.2, 0) is 10.0 Å². The summed E-state index contributed by atoms with van der Waals surface area (Å²) >= 11 is 0. The molecule has 1 aliphatic heterocycles. The molecule has 0 saturated carbocycles. The normalized spacial score (nSPS) is 17.6. The summed E-state index contributed by atoms with van der Waals surface area (Å²) in [6.07, 6.45) is 2.10. The summed E-state index contributed by atoms with van der Waals surface area (Å²) in [5, 5.41) is 3.33. The Labute approximate surface area is 128 Å². The first-order valence-electron chi connectivity index (χ1n) is 7.70. The highest BCUT2D eigenvalue weighted by atomic mass is 32.2. The van der Waals surface area contributed by atoms with Crippen LogP contribution in [0.2, 0.25) is 0 Å². The topological polar surface area (TPSA) is 49.4 Å². The predicted octanol–water partition coefficient (Wildman–Crippen LogP) is 2.39. The number of hydrogen-bond acceptors (Lipinski definition) is 3. The van der Waals surface area contributed by atoms with Gasteiger partial charge in [0.1, 0.15) is 0 Å². The monoisotopic (exact) mass is 310 g/mol. The Morgan fingerprint density at radius 3 is 2.52 bits per heavy atom. The van der Waals surface area contributed by atoms with Crippen molar-refractivity contribution in [3.8, 4) is 0 Å². The lowest BCUT2D eigenvalue weighted by Gasteiger charge is -2.32. The van der Waals surface area contributed by atoms with Crippen LogP contribution in [0.1, 0.15) is 32.3 Å². The molecule has 1 aromatic carbocycles. The van der Waals surface area contributed by atoms with E-state index in [9.17, 15) is 8.42 Å². The molecule has 5 heteroatoms. The van der Waals surface area contributed by atoms with E-state index < -0.39 is 10.0 Å². The van der Waals surface area contributed by atoms with Gasteiger partial charge in [0.25, 0.3) is 0 Å². The van der Waals surface area contributed by atoms with Crippen LogP contribution in [0.5, 0.6) is 0 Å². The third-order valence-electron chi connectivity index (χ3n) is 4.07. The predicted molar refractivity (Wildman–Crippen MR) is 85.8 cm³/mol. The Morgan fingerprint density at radius 2 is 1.95 bits per heavy atom. The summed E-state index contributed by atoms with van der Waals surface area (Å²) in [6, 6.07) is 7.16. The van der Waals surface area contributed by atoms with Gasteiger partial charge >= 0.3 is 0 Å². The summed E-state index contributed by atoms with van der Waals surface area (Å²) in [7, 11) is -3.41. The van der Waals surface area contributed by atoms with Crippen molar-refractivity contribution < 1.29 is 8.42 Å². The van der Waals surface area contributed by atoms with E-state index in [2.05, 4.69) is 5.32 Å². The number of hydrogen-bond donors (Lipinski definition) is 1. The summed E-state index contributed by atoms with van der Waals surface area (Å²) in [6.45, 7) is 8.42. The van der Waals surface area contributed by atoms with E-state index in [0.717, 1.165) is 31.5 Å². The van der Waals surface area contributed by atoms with Crippen LogP contribution in [0.4, 0.5) is 0 Å². The van der Waals surface area contributed by atoms with Crippen LogP contribution in [0, 0.1) is 12.8 Å². The molecule has 2 rings (SSSR count). The highest BCUT2D eigenvalue weighted by Gasteiger charge is 2.29. The van der Waals surface area contributed by atoms with Crippen LogP contribution in [-0.4, -0.2) is 38.4 Å². The second-order valence-electron chi connectivity index (χ2n) is 6.18. The quantitative estimate of drug-likeness (QED) is 0.908. The molecule has 1 fully saturated rings. The number of benzene rings is 1. The fourth-order valence-electron chi connectivity index (χ4n) is 2.82. The molecule has 0 aliphatic carbocycles. The maximum Gasteiger partial charge on any atom is 0.243 e. The Kier molecular flexibility index (Phi) is 5.41. The molecule has 1 saturated heterocycles. The molecule has 1 aliphatic rings. The summed E-state index contributed by atoms with van der Waals surface area (Å²) < 4.78 is 27.5. The molecule has 1 aromatic rings. The molecular formula is C16H26N2O2S. The molecule has 0 aromatic heterocycles. The van der Waals surface area contributed by atoms with E-state index in [1.54, 1.807) is 16.4 Å². The van der Waals surface area contributed by atoms with Gasteiger partial charge in [-0.3, -0.25) is 0 Å². The highest BCUT2D eigenvalue weighted by molar-refractivity contribution is 7.89. The van der Waals surface area contributed by atoms with Gasteiger partial charge < -0.3 is 5.32 Å². The number of rotatable bonds is 5. The zero-order valence-electron chi connectivity index (χ0n) is 13.2. The minimum Gasteiger partial charge on any atom is -0.317 e. The SMILES string of the molecule is Cc1cccc(S(=O)(=O)N(CC2CCNCC2)C(C)C)c1. The summed E-state index contributed by atoms with van der Waals surface area (Å²) in [5.74, 6) is 0.452. The van der Waals surface area contributed by atoms with Gasteiger partial charge in [-0.25, -0.2) is 8.42 Å². The van der Waals surface area contributed by atoms with E-state index in [4.69, 9.17) is 0 Å².